The van der Waals surface area contributed by atoms with Crippen LogP contribution in [0.2, 0.25) is 5.15 Å². The van der Waals surface area contributed by atoms with Crippen LogP contribution in [-0.4, -0.2) is 55.3 Å². The molecule has 4 rings (SSSR count). The molecule has 2 aromatic heterocycles. The van der Waals surface area contributed by atoms with E-state index >= 15 is 0 Å². The van der Waals surface area contributed by atoms with Gasteiger partial charge in [-0.25, -0.2) is 9.97 Å². The molecule has 2 heterocycles. The average molecular weight is 464 g/mol. The van der Waals surface area contributed by atoms with Crippen LogP contribution in [0, 0.1) is 5.92 Å². The van der Waals surface area contributed by atoms with Crippen LogP contribution in [0.1, 0.15) is 32.6 Å². The predicted molar refractivity (Wildman–Crippen MR) is 123 cm³/mol. The second-order valence-corrected chi connectivity index (χ2v) is 9.19. The van der Waals surface area contributed by atoms with Crippen LogP contribution in [0.3, 0.4) is 0 Å². The summed E-state index contributed by atoms with van der Waals surface area (Å²) in [6, 6.07) is 7.74. The van der Waals surface area contributed by atoms with Gasteiger partial charge in [0.25, 0.3) is 0 Å². The molecule has 0 saturated heterocycles. The molecule has 1 aliphatic rings. The van der Waals surface area contributed by atoms with Gasteiger partial charge in [-0.05, 0) is 31.4 Å². The highest BCUT2D eigenvalue weighted by atomic mass is 35.5. The maximum absolute atomic E-state index is 11.1. The third-order valence-corrected chi connectivity index (χ3v) is 6.91. The summed E-state index contributed by atoms with van der Waals surface area (Å²) in [5.74, 6) is 0.210. The Balaban J connectivity index is 1.76. The standard InChI is InChI=1S/C21H26ClN5O3S/c1-2-3-10-23-20-25-17(22)15(19-24-13-6-4-5-7-14(13)31-19)18(26-20)27-21(30)9-8-12(11-28)16(21)29/h4-7,12,16,28-30H,2-3,8-11H2,1H3,(H2,23,25,26,27). The van der Waals surface area contributed by atoms with E-state index < -0.39 is 17.7 Å². The molecule has 0 aliphatic heterocycles. The molecule has 0 bridgehead atoms. The molecule has 0 spiro atoms. The molecular weight excluding hydrogens is 438 g/mol. The number of hydrogen-bond donors (Lipinski definition) is 5. The van der Waals surface area contributed by atoms with E-state index in [9.17, 15) is 15.3 Å². The van der Waals surface area contributed by atoms with Crippen molar-refractivity contribution in [2.75, 3.05) is 23.8 Å². The van der Waals surface area contributed by atoms with Crippen LogP contribution in [0.15, 0.2) is 24.3 Å². The number of thiazole rings is 1. The SMILES string of the molecule is CCCCNc1nc(Cl)c(-c2nc3ccccc3s2)c(NC2(O)CCC(CO)C2O)n1. The van der Waals surface area contributed by atoms with E-state index in [4.69, 9.17) is 11.6 Å². The van der Waals surface area contributed by atoms with Gasteiger partial charge in [0, 0.05) is 19.1 Å². The van der Waals surface area contributed by atoms with Crippen LogP contribution in [0.4, 0.5) is 11.8 Å². The zero-order valence-electron chi connectivity index (χ0n) is 17.2. The van der Waals surface area contributed by atoms with E-state index in [1.807, 2.05) is 24.3 Å². The van der Waals surface area contributed by atoms with Gasteiger partial charge in [0.2, 0.25) is 5.95 Å². The lowest BCUT2D eigenvalue weighted by molar-refractivity contribution is -0.0545. The number of hydrogen-bond acceptors (Lipinski definition) is 9. The summed E-state index contributed by atoms with van der Waals surface area (Å²) in [6.45, 7) is 2.57. The molecule has 5 N–H and O–H groups in total. The lowest BCUT2D eigenvalue weighted by atomic mass is 10.0. The third kappa shape index (κ3) is 4.47. The van der Waals surface area contributed by atoms with Crippen molar-refractivity contribution in [2.45, 2.75) is 44.4 Å². The number of aliphatic hydroxyl groups excluding tert-OH is 2. The Labute approximate surface area is 189 Å². The highest BCUT2D eigenvalue weighted by Crippen LogP contribution is 2.42. The predicted octanol–water partition coefficient (Wildman–Crippen LogP) is 3.48. The lowest BCUT2D eigenvalue weighted by Gasteiger charge is -2.30. The Kier molecular flexibility index (Phi) is 6.59. The number of fused-ring (bicyclic) bond motifs is 1. The van der Waals surface area contributed by atoms with Crippen LogP contribution < -0.4 is 10.6 Å². The molecular formula is C21H26ClN5O3S. The van der Waals surface area contributed by atoms with E-state index in [0.717, 1.165) is 23.1 Å². The Hall–Kier alpha value is -2.04. The van der Waals surface area contributed by atoms with E-state index in [2.05, 4.69) is 32.5 Å². The van der Waals surface area contributed by atoms with E-state index in [-0.39, 0.29) is 24.0 Å². The fourth-order valence-electron chi connectivity index (χ4n) is 3.78. The van der Waals surface area contributed by atoms with Gasteiger partial charge in [0.15, 0.2) is 5.72 Å². The topological polar surface area (TPSA) is 123 Å². The highest BCUT2D eigenvalue weighted by Gasteiger charge is 2.47. The fourth-order valence-corrected chi connectivity index (χ4v) is 5.11. The monoisotopic (exact) mass is 463 g/mol. The Bertz CT molecular complexity index is 1030. The van der Waals surface area contributed by atoms with Crippen molar-refractivity contribution >= 4 is 44.9 Å². The van der Waals surface area contributed by atoms with Crippen molar-refractivity contribution in [3.05, 3.63) is 29.4 Å². The van der Waals surface area contributed by atoms with Crippen molar-refractivity contribution in [1.82, 2.24) is 15.0 Å². The summed E-state index contributed by atoms with van der Waals surface area (Å²) in [7, 11) is 0. The van der Waals surface area contributed by atoms with Crippen LogP contribution in [-0.2, 0) is 0 Å². The van der Waals surface area contributed by atoms with Gasteiger partial charge < -0.3 is 26.0 Å². The number of anilines is 2. The van der Waals surface area contributed by atoms with Crippen LogP contribution >= 0.6 is 22.9 Å². The number of para-hydroxylation sites is 1. The number of nitrogens with zero attached hydrogens (tertiary/aromatic N) is 3. The van der Waals surface area contributed by atoms with Gasteiger partial charge in [-0.1, -0.05) is 37.1 Å². The molecule has 1 fully saturated rings. The first-order valence-corrected chi connectivity index (χ1v) is 11.6. The van der Waals surface area contributed by atoms with Crippen molar-refractivity contribution in [1.29, 1.82) is 0 Å². The minimum absolute atomic E-state index is 0.199. The number of benzene rings is 1. The fraction of sp³-hybridized carbons (Fsp3) is 0.476. The minimum Gasteiger partial charge on any atom is -0.396 e. The molecule has 3 aromatic rings. The molecule has 0 amide bonds. The van der Waals surface area contributed by atoms with Crippen molar-refractivity contribution in [2.24, 2.45) is 5.92 Å². The average Bonchev–Trinajstić information content (AvgIpc) is 3.29. The first-order valence-electron chi connectivity index (χ1n) is 10.4. The minimum atomic E-state index is -1.64. The molecule has 0 radical (unpaired) electrons. The lowest BCUT2D eigenvalue weighted by Crippen LogP contribution is -2.48. The second-order valence-electron chi connectivity index (χ2n) is 7.80. The summed E-state index contributed by atoms with van der Waals surface area (Å²) >= 11 is 8.03. The molecule has 1 aliphatic carbocycles. The first kappa shape index (κ1) is 22.2. The van der Waals surface area contributed by atoms with Crippen LogP contribution in [0.5, 0.6) is 0 Å². The van der Waals surface area contributed by atoms with Crippen molar-refractivity contribution in [3.63, 3.8) is 0 Å². The van der Waals surface area contributed by atoms with Crippen molar-refractivity contribution in [3.8, 4) is 10.6 Å². The summed E-state index contributed by atoms with van der Waals surface area (Å²) in [4.78, 5) is 13.6. The smallest absolute Gasteiger partial charge is 0.226 e. The maximum Gasteiger partial charge on any atom is 0.226 e. The molecule has 166 valence electrons. The molecule has 1 saturated carbocycles. The molecule has 10 heteroatoms. The summed E-state index contributed by atoms with van der Waals surface area (Å²) in [5, 5.41) is 38.1. The largest absolute Gasteiger partial charge is 0.396 e. The molecule has 8 nitrogen and oxygen atoms in total. The molecule has 3 atom stereocenters. The van der Waals surface area contributed by atoms with Gasteiger partial charge >= 0.3 is 0 Å². The normalized spacial score (nSPS) is 23.4. The summed E-state index contributed by atoms with van der Waals surface area (Å²) in [6.07, 6.45) is 1.57. The maximum atomic E-state index is 11.1. The Morgan fingerprint density at radius 2 is 2.06 bits per heavy atom. The number of halogens is 1. The highest BCUT2D eigenvalue weighted by molar-refractivity contribution is 7.21. The summed E-state index contributed by atoms with van der Waals surface area (Å²) in [5.41, 5.74) is -0.344. The van der Waals surface area contributed by atoms with Crippen molar-refractivity contribution < 1.29 is 15.3 Å². The van der Waals surface area contributed by atoms with E-state index in [1.54, 1.807) is 0 Å². The van der Waals surface area contributed by atoms with Gasteiger partial charge in [-0.3, -0.25) is 0 Å². The second kappa shape index (κ2) is 9.22. The van der Waals surface area contributed by atoms with E-state index in [1.165, 1.54) is 11.3 Å². The summed E-state index contributed by atoms with van der Waals surface area (Å²) < 4.78 is 0.990. The first-order chi connectivity index (χ1) is 14.9. The number of rotatable bonds is 8. The number of nitrogens with one attached hydrogen (secondary N) is 2. The zero-order valence-corrected chi connectivity index (χ0v) is 18.7. The number of aromatic nitrogens is 3. The Morgan fingerprint density at radius 1 is 1.26 bits per heavy atom. The van der Waals surface area contributed by atoms with Gasteiger partial charge in [0.05, 0.1) is 15.8 Å². The van der Waals surface area contributed by atoms with Gasteiger partial charge in [-0.2, -0.15) is 4.98 Å². The van der Waals surface area contributed by atoms with Gasteiger partial charge in [0.1, 0.15) is 22.1 Å². The Morgan fingerprint density at radius 3 is 2.77 bits per heavy atom. The number of unbranched alkanes of at least 4 members (excludes halogenated alkanes) is 1. The molecule has 1 aromatic carbocycles. The van der Waals surface area contributed by atoms with E-state index in [0.29, 0.717) is 29.5 Å². The quantitative estimate of drug-likeness (QED) is 0.195. The van der Waals surface area contributed by atoms with Crippen LogP contribution in [0.25, 0.3) is 20.8 Å². The zero-order chi connectivity index (χ0) is 22.0. The molecule has 3 unspecified atom stereocenters. The van der Waals surface area contributed by atoms with Gasteiger partial charge in [-0.15, -0.1) is 11.3 Å². The third-order valence-electron chi connectivity index (χ3n) is 5.59. The number of aliphatic hydroxyl groups is 3. The molecule has 31 heavy (non-hydrogen) atoms.